The highest BCUT2D eigenvalue weighted by Crippen LogP contribution is 2.43. The Bertz CT molecular complexity index is 1170. The number of amides is 1. The van der Waals surface area contributed by atoms with Gasteiger partial charge in [0.1, 0.15) is 6.33 Å². The van der Waals surface area contributed by atoms with Crippen molar-refractivity contribution in [2.45, 2.75) is 41.9 Å². The number of nitrogens with two attached hydrogens (primary N) is 1. The van der Waals surface area contributed by atoms with Gasteiger partial charge < -0.3 is 29.8 Å². The average molecular weight is 507 g/mol. The predicted molar refractivity (Wildman–Crippen MR) is 116 cm³/mol. The van der Waals surface area contributed by atoms with Gasteiger partial charge in [-0.2, -0.15) is 0 Å². The van der Waals surface area contributed by atoms with Gasteiger partial charge in [0.05, 0.1) is 0 Å². The lowest BCUT2D eigenvalue weighted by atomic mass is 10.1. The van der Waals surface area contributed by atoms with Crippen molar-refractivity contribution in [1.29, 1.82) is 0 Å². The summed E-state index contributed by atoms with van der Waals surface area (Å²) in [5, 5.41) is 10.1. The molecular weight excluding hydrogens is 488 g/mol. The molecule has 1 fully saturated rings. The number of hydrogen-bond donors (Lipinski definition) is 2. The van der Waals surface area contributed by atoms with E-state index in [1.54, 1.807) is 0 Å². The number of imidazole rings is 1. The van der Waals surface area contributed by atoms with Gasteiger partial charge in [0.15, 0.2) is 33.6 Å². The van der Waals surface area contributed by atoms with Gasteiger partial charge in [-0.3, -0.25) is 0 Å². The molecule has 0 bridgehead atoms. The first kappa shape index (κ1) is 20.2. The van der Waals surface area contributed by atoms with Crippen molar-refractivity contribution >= 4 is 50.8 Å². The number of carboxylic acid groups (broad SMARTS) is 1. The summed E-state index contributed by atoms with van der Waals surface area (Å²) >= 11 is 5.04. The number of rotatable bonds is 5. The van der Waals surface area contributed by atoms with Gasteiger partial charge in [-0.05, 0) is 47.3 Å². The van der Waals surface area contributed by atoms with Gasteiger partial charge in [0.2, 0.25) is 6.79 Å². The van der Waals surface area contributed by atoms with Crippen LogP contribution in [0.4, 0.5) is 10.6 Å². The molecule has 10 nitrogen and oxygen atoms in total. The first-order chi connectivity index (χ1) is 15.0. The van der Waals surface area contributed by atoms with E-state index in [0.717, 1.165) is 22.2 Å². The monoisotopic (exact) mass is 506 g/mol. The van der Waals surface area contributed by atoms with Crippen LogP contribution in [0.3, 0.4) is 0 Å². The van der Waals surface area contributed by atoms with Crippen LogP contribution in [-0.2, 0) is 6.54 Å². The van der Waals surface area contributed by atoms with E-state index in [9.17, 15) is 9.90 Å². The zero-order valence-corrected chi connectivity index (χ0v) is 18.7. The summed E-state index contributed by atoms with van der Waals surface area (Å²) in [5.74, 6) is 1.67. The first-order valence-corrected chi connectivity index (χ1v) is 11.4. The Labute approximate surface area is 189 Å². The molecule has 4 heterocycles. The lowest BCUT2D eigenvalue weighted by molar-refractivity contribution is 0.137. The Morgan fingerprint density at radius 3 is 2.94 bits per heavy atom. The van der Waals surface area contributed by atoms with Crippen molar-refractivity contribution in [2.75, 3.05) is 19.1 Å². The molecule has 1 amide bonds. The van der Waals surface area contributed by atoms with Crippen LogP contribution in [0.25, 0.3) is 11.2 Å². The van der Waals surface area contributed by atoms with E-state index in [-0.39, 0.29) is 12.8 Å². The van der Waals surface area contributed by atoms with Gasteiger partial charge in [-0.1, -0.05) is 11.8 Å². The molecule has 31 heavy (non-hydrogen) atoms. The number of fused-ring (bicyclic) bond motifs is 2. The van der Waals surface area contributed by atoms with Crippen molar-refractivity contribution in [2.24, 2.45) is 0 Å². The topological polar surface area (TPSA) is 129 Å². The summed E-state index contributed by atoms with van der Waals surface area (Å²) in [6.45, 7) is 1.33. The normalized spacial score (nSPS) is 17.6. The maximum atomic E-state index is 11.5. The fraction of sp³-hybridized carbons (Fsp3) is 0.368. The molecule has 2 aliphatic rings. The van der Waals surface area contributed by atoms with E-state index in [4.69, 9.17) is 20.2 Å². The SMILES string of the molecule is Nc1ncnc2c1nc(Sc1cc3c(cc1Br)OCO3)n2CCC1CCCN1C(=O)O. The number of aryl methyl sites for hydroxylation is 1. The number of ether oxygens (including phenoxy) is 2. The van der Waals surface area contributed by atoms with E-state index in [0.29, 0.717) is 53.1 Å². The zero-order valence-electron chi connectivity index (χ0n) is 16.3. The largest absolute Gasteiger partial charge is 0.465 e. The van der Waals surface area contributed by atoms with Gasteiger partial charge in [0, 0.05) is 28.5 Å². The molecule has 5 rings (SSSR count). The quantitative estimate of drug-likeness (QED) is 0.532. The second-order valence-corrected chi connectivity index (χ2v) is 9.14. The van der Waals surface area contributed by atoms with E-state index in [2.05, 4.69) is 25.9 Å². The Balaban J connectivity index is 1.48. The number of benzene rings is 1. The van der Waals surface area contributed by atoms with Crippen molar-refractivity contribution < 1.29 is 19.4 Å². The van der Waals surface area contributed by atoms with E-state index in [1.165, 1.54) is 23.0 Å². The lowest BCUT2D eigenvalue weighted by Crippen LogP contribution is -2.34. The summed E-state index contributed by atoms with van der Waals surface area (Å²) in [7, 11) is 0. The number of halogens is 1. The van der Waals surface area contributed by atoms with E-state index >= 15 is 0 Å². The number of carbonyl (C=O) groups is 1. The smallest absolute Gasteiger partial charge is 0.407 e. The minimum Gasteiger partial charge on any atom is -0.465 e. The molecule has 2 aliphatic heterocycles. The van der Waals surface area contributed by atoms with Gasteiger partial charge in [-0.15, -0.1) is 0 Å². The Morgan fingerprint density at radius 2 is 2.13 bits per heavy atom. The van der Waals surface area contributed by atoms with Crippen LogP contribution < -0.4 is 15.2 Å². The number of nitrogens with zero attached hydrogens (tertiary/aromatic N) is 5. The van der Waals surface area contributed by atoms with Crippen molar-refractivity contribution in [3.05, 3.63) is 22.9 Å². The lowest BCUT2D eigenvalue weighted by Gasteiger charge is -2.22. The van der Waals surface area contributed by atoms with Crippen LogP contribution in [0.1, 0.15) is 19.3 Å². The fourth-order valence-electron chi connectivity index (χ4n) is 3.95. The molecule has 12 heteroatoms. The summed E-state index contributed by atoms with van der Waals surface area (Å²) in [4.78, 5) is 27.1. The molecule has 162 valence electrons. The van der Waals surface area contributed by atoms with Crippen LogP contribution >= 0.6 is 27.7 Å². The Hall–Kier alpha value is -2.73. The van der Waals surface area contributed by atoms with Crippen LogP contribution in [-0.4, -0.2) is 55.0 Å². The van der Waals surface area contributed by atoms with Crippen LogP contribution in [0.15, 0.2) is 33.0 Å². The van der Waals surface area contributed by atoms with Crippen LogP contribution in [0.5, 0.6) is 11.5 Å². The summed E-state index contributed by atoms with van der Waals surface area (Å²) in [6, 6.07) is 3.75. The van der Waals surface area contributed by atoms with Gasteiger partial charge >= 0.3 is 6.09 Å². The molecule has 3 aromatic rings. The fourth-order valence-corrected chi connectivity index (χ4v) is 5.46. The summed E-state index contributed by atoms with van der Waals surface area (Å²) in [6.07, 6.45) is 2.94. The third-order valence-electron chi connectivity index (χ3n) is 5.46. The number of anilines is 1. The molecule has 1 saturated heterocycles. The zero-order chi connectivity index (χ0) is 21.5. The maximum absolute atomic E-state index is 11.5. The average Bonchev–Trinajstić information content (AvgIpc) is 3.45. The molecule has 0 saturated carbocycles. The molecule has 2 aromatic heterocycles. The molecule has 0 aliphatic carbocycles. The van der Waals surface area contributed by atoms with Crippen molar-refractivity contribution in [3.8, 4) is 11.5 Å². The predicted octanol–water partition coefficient (Wildman–Crippen LogP) is 3.58. The van der Waals surface area contributed by atoms with Crippen molar-refractivity contribution in [1.82, 2.24) is 24.4 Å². The van der Waals surface area contributed by atoms with Gasteiger partial charge in [-0.25, -0.2) is 19.7 Å². The number of nitrogen functional groups attached to an aromatic ring is 1. The third kappa shape index (κ3) is 3.74. The highest BCUT2D eigenvalue weighted by molar-refractivity contribution is 9.10. The molecule has 1 atom stereocenters. The summed E-state index contributed by atoms with van der Waals surface area (Å²) in [5.41, 5.74) is 7.21. The Kier molecular flexibility index (Phi) is 5.26. The second-order valence-electron chi connectivity index (χ2n) is 7.28. The number of hydrogen-bond acceptors (Lipinski definition) is 8. The first-order valence-electron chi connectivity index (χ1n) is 9.74. The van der Waals surface area contributed by atoms with Crippen LogP contribution in [0, 0.1) is 0 Å². The van der Waals surface area contributed by atoms with Crippen LogP contribution in [0.2, 0.25) is 0 Å². The van der Waals surface area contributed by atoms with Crippen molar-refractivity contribution in [3.63, 3.8) is 0 Å². The summed E-state index contributed by atoms with van der Waals surface area (Å²) < 4.78 is 13.8. The molecule has 1 unspecified atom stereocenters. The second kappa shape index (κ2) is 8.08. The Morgan fingerprint density at radius 1 is 1.32 bits per heavy atom. The highest BCUT2D eigenvalue weighted by Gasteiger charge is 2.29. The molecular formula is C19H19BrN6O4S. The number of likely N-dealkylation sites (tertiary alicyclic amines) is 1. The third-order valence-corrected chi connectivity index (χ3v) is 7.43. The number of aromatic nitrogens is 4. The van der Waals surface area contributed by atoms with E-state index in [1.807, 2.05) is 16.7 Å². The van der Waals surface area contributed by atoms with Gasteiger partial charge in [0.25, 0.3) is 0 Å². The maximum Gasteiger partial charge on any atom is 0.407 e. The standard InChI is InChI=1S/C19H19BrN6O4S/c20-11-6-12-13(30-9-29-12)7-14(11)31-18-24-15-16(21)22-8-23-17(15)26(18)5-3-10-2-1-4-25(10)19(27)28/h6-8,10H,1-5,9H2,(H,27,28)(H2,21,22,23). The van der Waals surface area contributed by atoms with E-state index < -0.39 is 6.09 Å². The molecule has 1 aromatic carbocycles. The minimum absolute atomic E-state index is 0.0238. The molecule has 3 N–H and O–H groups in total. The highest BCUT2D eigenvalue weighted by atomic mass is 79.9. The molecule has 0 spiro atoms. The molecule has 0 radical (unpaired) electrons. The minimum atomic E-state index is -0.872.